The molecule has 1 unspecified atom stereocenters. The van der Waals surface area contributed by atoms with Crippen LogP contribution >= 0.6 is 0 Å². The van der Waals surface area contributed by atoms with Gasteiger partial charge in [0, 0.05) is 29.1 Å². The van der Waals surface area contributed by atoms with E-state index in [1.165, 1.54) is 0 Å². The third-order valence-corrected chi connectivity index (χ3v) is 6.44. The Morgan fingerprint density at radius 2 is 1.70 bits per heavy atom. The van der Waals surface area contributed by atoms with Crippen LogP contribution in [0, 0.1) is 5.82 Å². The van der Waals surface area contributed by atoms with Crippen LogP contribution in [0.15, 0.2) is 85.2 Å². The predicted octanol–water partition coefficient (Wildman–Crippen LogP) is 7.85. The summed E-state index contributed by atoms with van der Waals surface area (Å²) >= 11 is 0. The summed E-state index contributed by atoms with van der Waals surface area (Å²) in [4.78, 5) is 27.7. The lowest BCUT2D eigenvalue weighted by Gasteiger charge is -2.22. The normalized spacial score (nSPS) is 12.1. The number of carbonyl (C=O) groups excluding carboxylic acids is 1. The number of aliphatic carboxylic acids is 1. The molecule has 0 saturated carbocycles. The molecular weight excluding hydrogens is 547 g/mol. The highest BCUT2D eigenvalue weighted by molar-refractivity contribution is 5.75. The highest BCUT2D eigenvalue weighted by atomic mass is 19.1. The molecule has 1 heterocycles. The fourth-order valence-electron chi connectivity index (χ4n) is 4.50. The molecule has 1 amide bonds. The van der Waals surface area contributed by atoms with E-state index in [-0.39, 0.29) is 13.0 Å². The smallest absolute Gasteiger partial charge is 0.408 e. The first-order chi connectivity index (χ1) is 20.5. The van der Waals surface area contributed by atoms with Gasteiger partial charge in [0.15, 0.2) is 0 Å². The maximum absolute atomic E-state index is 16.0. The lowest BCUT2D eigenvalue weighted by Crippen LogP contribution is -2.34. The third kappa shape index (κ3) is 9.00. The lowest BCUT2D eigenvalue weighted by molar-refractivity contribution is -0.136. The summed E-state index contributed by atoms with van der Waals surface area (Å²) in [5.74, 6) is -0.938. The summed E-state index contributed by atoms with van der Waals surface area (Å²) in [6.07, 6.45) is 6.48. The molecule has 43 heavy (non-hydrogen) atoms. The molecule has 0 aliphatic heterocycles. The Morgan fingerprint density at radius 1 is 0.977 bits per heavy atom. The second kappa shape index (κ2) is 13.8. The molecule has 0 saturated heterocycles. The number of nitrogens with zero attached hydrogens (tertiary/aromatic N) is 1. The van der Waals surface area contributed by atoms with E-state index in [2.05, 4.69) is 10.3 Å². The number of benzene rings is 3. The number of para-hydroxylation sites is 1. The van der Waals surface area contributed by atoms with Crippen LogP contribution in [0.3, 0.4) is 0 Å². The topological polar surface area (TPSA) is 97.8 Å². The van der Waals surface area contributed by atoms with Crippen molar-refractivity contribution >= 4 is 24.2 Å². The number of pyridine rings is 1. The van der Waals surface area contributed by atoms with Crippen LogP contribution < -0.4 is 10.1 Å². The number of hydrogen-bond acceptors (Lipinski definition) is 5. The van der Waals surface area contributed by atoms with Crippen LogP contribution in [0.4, 0.5) is 9.18 Å². The largest absolute Gasteiger partial charge is 0.489 e. The van der Waals surface area contributed by atoms with Crippen molar-refractivity contribution in [3.63, 3.8) is 0 Å². The minimum absolute atomic E-state index is 0.137. The van der Waals surface area contributed by atoms with Gasteiger partial charge >= 0.3 is 12.1 Å². The molecule has 2 N–H and O–H groups in total. The van der Waals surface area contributed by atoms with E-state index in [0.29, 0.717) is 28.0 Å². The maximum atomic E-state index is 16.0. The number of ether oxygens (including phenoxy) is 2. The molecule has 0 aliphatic rings. The van der Waals surface area contributed by atoms with Crippen LogP contribution in [0.1, 0.15) is 61.6 Å². The van der Waals surface area contributed by atoms with Gasteiger partial charge in [0.1, 0.15) is 23.8 Å². The number of carbonyl (C=O) groups is 2. The van der Waals surface area contributed by atoms with Crippen molar-refractivity contribution < 1.29 is 28.6 Å². The third-order valence-electron chi connectivity index (χ3n) is 6.44. The molecule has 0 spiro atoms. The van der Waals surface area contributed by atoms with Gasteiger partial charge in [-0.3, -0.25) is 9.78 Å². The Bertz CT molecular complexity index is 1610. The fourth-order valence-corrected chi connectivity index (χ4v) is 4.50. The minimum atomic E-state index is -0.952. The number of aromatic nitrogens is 1. The molecule has 4 aromatic rings. The summed E-state index contributed by atoms with van der Waals surface area (Å²) in [6.45, 7) is 7.13. The van der Waals surface area contributed by atoms with Gasteiger partial charge in [-0.2, -0.15) is 0 Å². The van der Waals surface area contributed by atoms with Crippen molar-refractivity contribution in [1.29, 1.82) is 0 Å². The van der Waals surface area contributed by atoms with Crippen LogP contribution in [-0.2, 0) is 22.6 Å². The van der Waals surface area contributed by atoms with Crippen LogP contribution in [-0.4, -0.2) is 27.8 Å². The van der Waals surface area contributed by atoms with Crippen LogP contribution in [0.5, 0.6) is 5.75 Å². The SMILES string of the molecule is CC(NC(=O)OC(C)(C)C)c1cccc(-c2cc(C=Cc3ccncc3)cc(COc3ccccc3CC(=O)O)c2)c1F. The average molecular weight is 583 g/mol. The Balaban J connectivity index is 1.68. The molecule has 1 atom stereocenters. The van der Waals surface area contributed by atoms with Crippen molar-refractivity contribution in [1.82, 2.24) is 10.3 Å². The summed E-state index contributed by atoms with van der Waals surface area (Å²) in [6, 6.07) is 20.9. The van der Waals surface area contributed by atoms with Crippen molar-refractivity contribution in [3.8, 4) is 16.9 Å². The van der Waals surface area contributed by atoms with Crippen LogP contribution in [0.25, 0.3) is 23.3 Å². The zero-order chi connectivity index (χ0) is 31.0. The monoisotopic (exact) mass is 582 g/mol. The van der Waals surface area contributed by atoms with E-state index in [4.69, 9.17) is 9.47 Å². The first-order valence-corrected chi connectivity index (χ1v) is 13.9. The number of carboxylic acids is 1. The molecule has 3 aromatic carbocycles. The highest BCUT2D eigenvalue weighted by Crippen LogP contribution is 2.31. The maximum Gasteiger partial charge on any atom is 0.408 e. The van der Waals surface area contributed by atoms with Crippen molar-refractivity contribution in [2.24, 2.45) is 0 Å². The van der Waals surface area contributed by atoms with Gasteiger partial charge in [0.05, 0.1) is 12.5 Å². The number of rotatable bonds is 10. The van der Waals surface area contributed by atoms with Crippen molar-refractivity contribution in [2.45, 2.75) is 52.4 Å². The van der Waals surface area contributed by atoms with Gasteiger partial charge in [0.25, 0.3) is 0 Å². The number of hydrogen-bond donors (Lipinski definition) is 2. The van der Waals surface area contributed by atoms with E-state index >= 15 is 4.39 Å². The quantitative estimate of drug-likeness (QED) is 0.198. The minimum Gasteiger partial charge on any atom is -0.489 e. The van der Waals surface area contributed by atoms with Gasteiger partial charge in [0.2, 0.25) is 0 Å². The Kier molecular flexibility index (Phi) is 9.93. The summed E-state index contributed by atoms with van der Waals surface area (Å²) in [5.41, 5.74) is 3.73. The van der Waals surface area contributed by atoms with E-state index in [1.54, 1.807) is 82.6 Å². The fraction of sp³-hybridized carbons (Fsp3) is 0.229. The van der Waals surface area contributed by atoms with E-state index < -0.39 is 29.5 Å². The number of amides is 1. The van der Waals surface area contributed by atoms with Crippen molar-refractivity contribution in [3.05, 3.63) is 119 Å². The molecule has 0 bridgehead atoms. The first kappa shape index (κ1) is 31.0. The van der Waals surface area contributed by atoms with Gasteiger partial charge in [-0.15, -0.1) is 0 Å². The summed E-state index contributed by atoms with van der Waals surface area (Å²) < 4.78 is 27.4. The number of carboxylic acid groups (broad SMARTS) is 1. The van der Waals surface area contributed by atoms with Gasteiger partial charge < -0.3 is 19.9 Å². The lowest BCUT2D eigenvalue weighted by atomic mass is 9.95. The number of halogens is 1. The molecule has 0 radical (unpaired) electrons. The van der Waals surface area contributed by atoms with E-state index in [0.717, 1.165) is 16.7 Å². The predicted molar refractivity (Wildman–Crippen MR) is 165 cm³/mol. The van der Waals surface area contributed by atoms with Gasteiger partial charge in [-0.25, -0.2) is 9.18 Å². The summed E-state index contributed by atoms with van der Waals surface area (Å²) in [7, 11) is 0. The molecular formula is C35H35FN2O5. The molecule has 222 valence electrons. The molecule has 0 aliphatic carbocycles. The Morgan fingerprint density at radius 3 is 2.42 bits per heavy atom. The van der Waals surface area contributed by atoms with Crippen LogP contribution in [0.2, 0.25) is 0 Å². The molecule has 0 fully saturated rings. The Hall–Kier alpha value is -4.98. The first-order valence-electron chi connectivity index (χ1n) is 13.9. The zero-order valence-electron chi connectivity index (χ0n) is 24.6. The van der Waals surface area contributed by atoms with E-state index in [1.807, 2.05) is 42.5 Å². The molecule has 4 rings (SSSR count). The Labute approximate surface area is 251 Å². The second-order valence-electron chi connectivity index (χ2n) is 11.1. The standard InChI is InChI=1S/C35H35FN2O5/c1-23(38-34(41)43-35(2,3)4)29-9-7-10-30(33(29)36)28-19-25(13-12-24-14-16-37-17-15-24)18-26(20-28)22-42-31-11-6-5-8-27(31)21-32(39)40/h5-20,23H,21-22H2,1-4H3,(H,38,41)(H,39,40). The van der Waals surface area contributed by atoms with Gasteiger partial charge in [-0.1, -0.05) is 48.6 Å². The highest BCUT2D eigenvalue weighted by Gasteiger charge is 2.21. The van der Waals surface area contributed by atoms with Gasteiger partial charge in [-0.05, 0) is 86.3 Å². The molecule has 8 heteroatoms. The average Bonchev–Trinajstić information content (AvgIpc) is 2.95. The van der Waals surface area contributed by atoms with Crippen molar-refractivity contribution in [2.75, 3.05) is 0 Å². The molecule has 1 aromatic heterocycles. The number of nitrogens with one attached hydrogen (secondary N) is 1. The van der Waals surface area contributed by atoms with E-state index in [9.17, 15) is 14.7 Å². The zero-order valence-corrected chi connectivity index (χ0v) is 24.6. The summed E-state index contributed by atoms with van der Waals surface area (Å²) in [5, 5.41) is 12.0. The molecule has 7 nitrogen and oxygen atoms in total. The number of alkyl carbamates (subject to hydrolysis) is 1. The second-order valence-corrected chi connectivity index (χ2v) is 11.1.